The maximum atomic E-state index is 12.5. The molecule has 0 rings (SSSR count). The van der Waals surface area contributed by atoms with Crippen LogP contribution in [-0.4, -0.2) is 34.9 Å². The molecule has 0 aromatic heterocycles. The van der Waals surface area contributed by atoms with Crippen LogP contribution in [0.25, 0.3) is 0 Å². The Hall–Kier alpha value is -0.870. The van der Waals surface area contributed by atoms with E-state index in [2.05, 4.69) is 31.3 Å². The third-order valence-corrected chi connectivity index (χ3v) is 14.8. The number of aliphatic hydroxyl groups is 2. The van der Waals surface area contributed by atoms with E-state index in [1.807, 2.05) is 0 Å². The molecule has 3 N–H and O–H groups in total. The first-order chi connectivity index (χ1) is 32.7. The fourth-order valence-corrected chi connectivity index (χ4v) is 10.1. The topological polar surface area (TPSA) is 69.6 Å². The molecule has 0 spiro atoms. The first-order valence-electron chi connectivity index (χ1n) is 30.9. The van der Waals surface area contributed by atoms with Crippen molar-refractivity contribution in [3.63, 3.8) is 0 Å². The van der Waals surface area contributed by atoms with Gasteiger partial charge in [0.05, 0.1) is 18.8 Å². The monoisotopic (exact) mass is 930 g/mol. The number of carbonyl (C=O) groups excluding carboxylic acids is 1. The van der Waals surface area contributed by atoms with Crippen LogP contribution < -0.4 is 5.32 Å². The smallest absolute Gasteiger partial charge is 0.220 e. The zero-order valence-electron chi connectivity index (χ0n) is 45.5. The van der Waals surface area contributed by atoms with Crippen molar-refractivity contribution in [3.05, 3.63) is 12.2 Å². The van der Waals surface area contributed by atoms with E-state index < -0.39 is 12.1 Å². The summed E-state index contributed by atoms with van der Waals surface area (Å²) in [4.78, 5) is 12.5. The van der Waals surface area contributed by atoms with Gasteiger partial charge in [0, 0.05) is 6.42 Å². The minimum Gasteiger partial charge on any atom is -0.394 e. The van der Waals surface area contributed by atoms with Gasteiger partial charge < -0.3 is 15.5 Å². The Bertz CT molecular complexity index is 921. The van der Waals surface area contributed by atoms with Crippen LogP contribution in [0.3, 0.4) is 0 Å². The summed E-state index contributed by atoms with van der Waals surface area (Å²) in [5.41, 5.74) is 0. The molecule has 66 heavy (non-hydrogen) atoms. The second-order valence-electron chi connectivity index (χ2n) is 21.5. The second-order valence-corrected chi connectivity index (χ2v) is 21.5. The zero-order valence-corrected chi connectivity index (χ0v) is 45.5. The quantitative estimate of drug-likeness (QED) is 0.0420. The van der Waals surface area contributed by atoms with E-state index in [9.17, 15) is 15.0 Å². The number of hydrogen-bond acceptors (Lipinski definition) is 3. The Labute approximate surface area is 416 Å². The van der Waals surface area contributed by atoms with Gasteiger partial charge in [0.25, 0.3) is 0 Å². The number of unbranched alkanes of at least 4 members (excludes halogenated alkanes) is 49. The molecule has 4 nitrogen and oxygen atoms in total. The average molecular weight is 931 g/mol. The molecule has 4 heteroatoms. The van der Waals surface area contributed by atoms with Gasteiger partial charge in [-0.25, -0.2) is 0 Å². The fraction of sp³-hybridized carbons (Fsp3) is 0.952. The lowest BCUT2D eigenvalue weighted by Crippen LogP contribution is -2.45. The molecular formula is C62H123NO3. The number of amides is 1. The number of hydrogen-bond donors (Lipinski definition) is 3. The number of nitrogens with one attached hydrogen (secondary N) is 1. The highest BCUT2D eigenvalue weighted by molar-refractivity contribution is 5.76. The van der Waals surface area contributed by atoms with Crippen molar-refractivity contribution in [3.8, 4) is 0 Å². The molecule has 0 aliphatic carbocycles. The second kappa shape index (κ2) is 58.4. The van der Waals surface area contributed by atoms with E-state index in [1.54, 1.807) is 0 Å². The van der Waals surface area contributed by atoms with Crippen LogP contribution in [0.5, 0.6) is 0 Å². The summed E-state index contributed by atoms with van der Waals surface area (Å²) in [5.74, 6) is -0.0239. The predicted octanol–water partition coefficient (Wildman–Crippen LogP) is 20.5. The lowest BCUT2D eigenvalue weighted by molar-refractivity contribution is -0.123. The van der Waals surface area contributed by atoms with Crippen molar-refractivity contribution >= 4 is 5.91 Å². The third kappa shape index (κ3) is 54.1. The third-order valence-electron chi connectivity index (χ3n) is 14.8. The van der Waals surface area contributed by atoms with Crippen molar-refractivity contribution in [1.82, 2.24) is 5.32 Å². The minimum atomic E-state index is -0.658. The summed E-state index contributed by atoms with van der Waals surface area (Å²) in [6, 6.07) is -0.535. The van der Waals surface area contributed by atoms with Gasteiger partial charge in [-0.2, -0.15) is 0 Å². The Morgan fingerprint density at radius 3 is 0.833 bits per heavy atom. The molecule has 0 heterocycles. The van der Waals surface area contributed by atoms with Crippen LogP contribution >= 0.6 is 0 Å². The first-order valence-corrected chi connectivity index (χ1v) is 30.9. The number of rotatable bonds is 58. The molecule has 2 atom stereocenters. The van der Waals surface area contributed by atoms with Gasteiger partial charge in [0.15, 0.2) is 0 Å². The van der Waals surface area contributed by atoms with Gasteiger partial charge in [-0.05, 0) is 38.5 Å². The van der Waals surface area contributed by atoms with Crippen LogP contribution in [0.2, 0.25) is 0 Å². The van der Waals surface area contributed by atoms with Gasteiger partial charge >= 0.3 is 0 Å². The molecule has 0 saturated carbocycles. The van der Waals surface area contributed by atoms with Gasteiger partial charge in [0.1, 0.15) is 0 Å². The molecule has 0 bridgehead atoms. The Morgan fingerprint density at radius 2 is 0.576 bits per heavy atom. The SMILES string of the molecule is CCCCCCCCCC/C=C\CCCCCCCCCCCCCCCC(=O)NC(CO)C(O)CCCCCCCCCCCCCCCCCCCCCCCCCCCCCCC. The number of aliphatic hydroxyl groups excluding tert-OH is 2. The summed E-state index contributed by atoms with van der Waals surface area (Å²) in [7, 11) is 0. The molecule has 0 saturated heterocycles. The van der Waals surface area contributed by atoms with Crippen LogP contribution in [0.15, 0.2) is 12.2 Å². The molecule has 0 radical (unpaired) electrons. The van der Waals surface area contributed by atoms with Crippen molar-refractivity contribution in [1.29, 1.82) is 0 Å². The molecule has 0 aromatic carbocycles. The maximum absolute atomic E-state index is 12.5. The molecule has 2 unspecified atom stereocenters. The summed E-state index contributed by atoms with van der Waals surface area (Å²) >= 11 is 0. The van der Waals surface area contributed by atoms with E-state index in [0.29, 0.717) is 12.8 Å². The molecule has 0 aromatic rings. The minimum absolute atomic E-state index is 0.0239. The molecule has 1 amide bonds. The molecule has 394 valence electrons. The normalized spacial score (nSPS) is 12.7. The molecule has 0 aliphatic heterocycles. The van der Waals surface area contributed by atoms with E-state index in [1.165, 1.54) is 308 Å². The van der Waals surface area contributed by atoms with Gasteiger partial charge in [-0.1, -0.05) is 328 Å². The largest absolute Gasteiger partial charge is 0.394 e. The van der Waals surface area contributed by atoms with Crippen molar-refractivity contribution in [2.24, 2.45) is 0 Å². The predicted molar refractivity (Wildman–Crippen MR) is 295 cm³/mol. The fourth-order valence-electron chi connectivity index (χ4n) is 10.1. The molecule has 0 aliphatic rings. The average Bonchev–Trinajstić information content (AvgIpc) is 3.32. The molecular weight excluding hydrogens is 807 g/mol. The van der Waals surface area contributed by atoms with Crippen LogP contribution in [-0.2, 0) is 4.79 Å². The van der Waals surface area contributed by atoms with Crippen LogP contribution in [0, 0.1) is 0 Å². The number of carbonyl (C=O) groups is 1. The first kappa shape index (κ1) is 65.1. The highest BCUT2D eigenvalue weighted by atomic mass is 16.3. The zero-order chi connectivity index (χ0) is 47.7. The Kier molecular flexibility index (Phi) is 57.7. The lowest BCUT2D eigenvalue weighted by atomic mass is 10.0. The van der Waals surface area contributed by atoms with Gasteiger partial charge in [0.2, 0.25) is 5.91 Å². The van der Waals surface area contributed by atoms with E-state index in [-0.39, 0.29) is 12.5 Å². The highest BCUT2D eigenvalue weighted by Gasteiger charge is 2.20. The highest BCUT2D eigenvalue weighted by Crippen LogP contribution is 2.19. The van der Waals surface area contributed by atoms with Crippen molar-refractivity contribution in [2.75, 3.05) is 6.61 Å². The van der Waals surface area contributed by atoms with E-state index >= 15 is 0 Å². The van der Waals surface area contributed by atoms with Crippen molar-refractivity contribution < 1.29 is 15.0 Å². The van der Waals surface area contributed by atoms with Crippen molar-refractivity contribution in [2.45, 2.75) is 373 Å². The standard InChI is InChI=1S/C62H123NO3/c1-3-5-7-9-11-13-15-17-19-21-23-25-27-29-30-31-32-34-35-37-39-41-43-45-47-49-51-53-55-57-61(65)60(59-64)63-62(66)58-56-54-52-50-48-46-44-42-40-38-36-33-28-26-24-22-20-18-16-14-12-10-8-6-4-2/h22,24,60-61,64-65H,3-21,23,25-59H2,1-2H3,(H,63,66)/b24-22-. The summed E-state index contributed by atoms with van der Waals surface area (Å²) < 4.78 is 0. The Morgan fingerprint density at radius 1 is 0.348 bits per heavy atom. The van der Waals surface area contributed by atoms with Crippen LogP contribution in [0.1, 0.15) is 361 Å². The lowest BCUT2D eigenvalue weighted by Gasteiger charge is -2.22. The Balaban J connectivity index is 3.40. The summed E-state index contributed by atoms with van der Waals surface area (Å²) in [6.45, 7) is 4.40. The van der Waals surface area contributed by atoms with Crippen LogP contribution in [0.4, 0.5) is 0 Å². The van der Waals surface area contributed by atoms with E-state index in [4.69, 9.17) is 0 Å². The summed E-state index contributed by atoms with van der Waals surface area (Å²) in [5, 5.41) is 23.4. The summed E-state index contributed by atoms with van der Waals surface area (Å²) in [6.07, 6.45) is 76.6. The maximum Gasteiger partial charge on any atom is 0.220 e. The molecule has 0 fully saturated rings. The van der Waals surface area contributed by atoms with Gasteiger partial charge in [-0.15, -0.1) is 0 Å². The van der Waals surface area contributed by atoms with E-state index in [0.717, 1.165) is 25.7 Å². The number of allylic oxidation sites excluding steroid dienone is 2. The van der Waals surface area contributed by atoms with Gasteiger partial charge in [-0.3, -0.25) is 4.79 Å².